The van der Waals surface area contributed by atoms with Crippen LogP contribution in [0.2, 0.25) is 0 Å². The summed E-state index contributed by atoms with van der Waals surface area (Å²) in [5.74, 6) is 0.579. The predicted molar refractivity (Wildman–Crippen MR) is 98.3 cm³/mol. The minimum absolute atomic E-state index is 0.0605. The van der Waals surface area contributed by atoms with Gasteiger partial charge in [-0.15, -0.1) is 0 Å². The van der Waals surface area contributed by atoms with Gasteiger partial charge in [0, 0.05) is 30.9 Å². The number of nitrogens with zero attached hydrogens (tertiary/aromatic N) is 1. The number of benzene rings is 1. The van der Waals surface area contributed by atoms with E-state index in [0.717, 1.165) is 32.4 Å². The van der Waals surface area contributed by atoms with E-state index in [0.29, 0.717) is 23.7 Å². The maximum Gasteiger partial charge on any atom is 0.407 e. The van der Waals surface area contributed by atoms with Gasteiger partial charge in [0.15, 0.2) is 0 Å². The van der Waals surface area contributed by atoms with Crippen LogP contribution in [-0.4, -0.2) is 42.1 Å². The van der Waals surface area contributed by atoms with Crippen molar-refractivity contribution in [2.75, 3.05) is 25.4 Å². The summed E-state index contributed by atoms with van der Waals surface area (Å²) in [6, 6.07) is 7.05. The molecule has 3 N–H and O–H groups in total. The molecule has 1 heterocycles. The molecule has 2 rings (SSSR count). The lowest BCUT2D eigenvalue weighted by atomic mass is 9.93. The van der Waals surface area contributed by atoms with Crippen LogP contribution < -0.4 is 11.1 Å². The molecule has 1 fully saturated rings. The smallest absolute Gasteiger partial charge is 0.407 e. The van der Waals surface area contributed by atoms with Gasteiger partial charge in [-0.25, -0.2) is 4.79 Å². The van der Waals surface area contributed by atoms with E-state index in [1.165, 1.54) is 0 Å². The number of piperidine rings is 1. The number of nitrogen functional groups attached to an aromatic ring is 1. The Morgan fingerprint density at radius 3 is 2.36 bits per heavy atom. The molecule has 0 bridgehead atoms. The quantitative estimate of drug-likeness (QED) is 0.820. The molecule has 1 aromatic carbocycles. The number of hydrogen-bond donors (Lipinski definition) is 2. The van der Waals surface area contributed by atoms with Gasteiger partial charge < -0.3 is 20.7 Å². The summed E-state index contributed by atoms with van der Waals surface area (Å²) in [5.41, 5.74) is 6.53. The van der Waals surface area contributed by atoms with Crippen molar-refractivity contribution in [2.45, 2.75) is 45.6 Å². The summed E-state index contributed by atoms with van der Waals surface area (Å²) in [4.78, 5) is 26.0. The van der Waals surface area contributed by atoms with E-state index in [4.69, 9.17) is 10.5 Å². The molecule has 0 saturated carbocycles. The van der Waals surface area contributed by atoms with Crippen LogP contribution in [-0.2, 0) is 4.74 Å². The third-order valence-electron chi connectivity index (χ3n) is 4.28. The number of ether oxygens (including phenoxy) is 1. The Bertz CT molecular complexity index is 585. The van der Waals surface area contributed by atoms with Crippen molar-refractivity contribution < 1.29 is 14.3 Å². The number of hydrogen-bond acceptors (Lipinski definition) is 4. The Morgan fingerprint density at radius 2 is 1.80 bits per heavy atom. The molecule has 1 aliphatic rings. The molecule has 138 valence electrons. The maximum atomic E-state index is 12.5. The number of nitrogens with one attached hydrogen (secondary N) is 1. The molecule has 1 aliphatic heterocycles. The molecule has 0 unspecified atom stereocenters. The number of carbonyl (C=O) groups excluding carboxylic acids is 2. The topological polar surface area (TPSA) is 84.7 Å². The first-order valence-corrected chi connectivity index (χ1v) is 8.86. The molecule has 0 atom stereocenters. The number of rotatable bonds is 4. The molecular weight excluding hydrogens is 318 g/mol. The molecule has 2 amide bonds. The third-order valence-corrected chi connectivity index (χ3v) is 4.28. The molecule has 0 radical (unpaired) electrons. The lowest BCUT2D eigenvalue weighted by Gasteiger charge is -2.32. The Morgan fingerprint density at radius 1 is 1.20 bits per heavy atom. The summed E-state index contributed by atoms with van der Waals surface area (Å²) in [6.45, 7) is 7.65. The third kappa shape index (κ3) is 6.29. The van der Waals surface area contributed by atoms with Gasteiger partial charge >= 0.3 is 6.09 Å². The van der Waals surface area contributed by atoms with Crippen LogP contribution in [0.4, 0.5) is 10.5 Å². The Kier molecular flexibility index (Phi) is 6.28. The number of alkyl carbamates (subject to hydrolysis) is 1. The average Bonchev–Trinajstić information content (AvgIpc) is 2.54. The molecular formula is C19H29N3O3. The van der Waals surface area contributed by atoms with E-state index in [9.17, 15) is 9.59 Å². The van der Waals surface area contributed by atoms with E-state index in [2.05, 4.69) is 5.32 Å². The van der Waals surface area contributed by atoms with Crippen LogP contribution in [0.1, 0.15) is 50.4 Å². The first kappa shape index (κ1) is 19.1. The predicted octanol–water partition coefficient (Wildman–Crippen LogP) is 3.04. The fraction of sp³-hybridized carbons (Fsp3) is 0.579. The van der Waals surface area contributed by atoms with Gasteiger partial charge in [-0.2, -0.15) is 0 Å². The van der Waals surface area contributed by atoms with Gasteiger partial charge in [0.05, 0.1) is 0 Å². The van der Waals surface area contributed by atoms with Crippen molar-refractivity contribution >= 4 is 17.7 Å². The van der Waals surface area contributed by atoms with Gasteiger partial charge in [-0.3, -0.25) is 4.79 Å². The minimum atomic E-state index is -0.474. The van der Waals surface area contributed by atoms with E-state index in [1.807, 2.05) is 25.7 Å². The van der Waals surface area contributed by atoms with Gasteiger partial charge in [0.2, 0.25) is 0 Å². The van der Waals surface area contributed by atoms with Crippen LogP contribution in [0.5, 0.6) is 0 Å². The highest BCUT2D eigenvalue weighted by molar-refractivity contribution is 5.94. The highest BCUT2D eigenvalue weighted by Crippen LogP contribution is 2.22. The monoisotopic (exact) mass is 347 g/mol. The number of carbonyl (C=O) groups is 2. The van der Waals surface area contributed by atoms with Crippen LogP contribution in [0.3, 0.4) is 0 Å². The van der Waals surface area contributed by atoms with Gasteiger partial charge in [-0.1, -0.05) is 0 Å². The zero-order chi connectivity index (χ0) is 18.4. The first-order chi connectivity index (χ1) is 11.7. The average molecular weight is 347 g/mol. The molecule has 0 spiro atoms. The largest absolute Gasteiger partial charge is 0.444 e. The summed E-state index contributed by atoms with van der Waals surface area (Å²) in [5, 5.41) is 2.80. The number of anilines is 1. The van der Waals surface area contributed by atoms with Crippen LogP contribution in [0.25, 0.3) is 0 Å². The summed E-state index contributed by atoms with van der Waals surface area (Å²) < 4.78 is 5.22. The highest BCUT2D eigenvalue weighted by atomic mass is 16.6. The molecule has 1 saturated heterocycles. The summed E-state index contributed by atoms with van der Waals surface area (Å²) in [6.07, 6.45) is 2.44. The molecule has 1 aromatic rings. The lowest BCUT2D eigenvalue weighted by Crippen LogP contribution is -2.39. The van der Waals surface area contributed by atoms with Crippen molar-refractivity contribution in [3.05, 3.63) is 29.8 Å². The molecule has 6 heteroatoms. The van der Waals surface area contributed by atoms with Crippen molar-refractivity contribution in [3.63, 3.8) is 0 Å². The maximum absolute atomic E-state index is 12.5. The van der Waals surface area contributed by atoms with Crippen molar-refractivity contribution in [2.24, 2.45) is 5.92 Å². The number of amides is 2. The molecule has 0 aromatic heterocycles. The standard InChI is InChI=1S/C19H29N3O3/c1-19(2,3)25-18(24)21-11-8-14-9-12-22(13-10-14)17(23)15-4-6-16(20)7-5-15/h4-7,14H,8-13,20H2,1-3H3,(H,21,24). The normalized spacial score (nSPS) is 15.7. The van der Waals surface area contributed by atoms with E-state index >= 15 is 0 Å². The zero-order valence-electron chi connectivity index (χ0n) is 15.4. The minimum Gasteiger partial charge on any atom is -0.444 e. The van der Waals surface area contributed by atoms with Crippen molar-refractivity contribution in [3.8, 4) is 0 Å². The van der Waals surface area contributed by atoms with Crippen molar-refractivity contribution in [1.29, 1.82) is 0 Å². The Balaban J connectivity index is 1.70. The van der Waals surface area contributed by atoms with E-state index in [1.54, 1.807) is 24.3 Å². The lowest BCUT2D eigenvalue weighted by molar-refractivity contribution is 0.0522. The van der Waals surface area contributed by atoms with Gasteiger partial charge in [0.1, 0.15) is 5.60 Å². The fourth-order valence-corrected chi connectivity index (χ4v) is 2.93. The molecule has 6 nitrogen and oxygen atoms in total. The molecule has 25 heavy (non-hydrogen) atoms. The van der Waals surface area contributed by atoms with Gasteiger partial charge in [-0.05, 0) is 70.2 Å². The summed E-state index contributed by atoms with van der Waals surface area (Å²) in [7, 11) is 0. The van der Waals surface area contributed by atoms with E-state index in [-0.39, 0.29) is 12.0 Å². The molecule has 0 aliphatic carbocycles. The van der Waals surface area contributed by atoms with Crippen LogP contribution >= 0.6 is 0 Å². The second-order valence-electron chi connectivity index (χ2n) is 7.57. The Hall–Kier alpha value is -2.24. The fourth-order valence-electron chi connectivity index (χ4n) is 2.93. The number of nitrogens with two attached hydrogens (primary N) is 1. The second kappa shape index (κ2) is 8.23. The zero-order valence-corrected chi connectivity index (χ0v) is 15.4. The number of likely N-dealkylation sites (tertiary alicyclic amines) is 1. The van der Waals surface area contributed by atoms with Crippen LogP contribution in [0.15, 0.2) is 24.3 Å². The van der Waals surface area contributed by atoms with Crippen LogP contribution in [0, 0.1) is 5.92 Å². The SMILES string of the molecule is CC(C)(C)OC(=O)NCCC1CCN(C(=O)c2ccc(N)cc2)CC1. The summed E-state index contributed by atoms with van der Waals surface area (Å²) >= 11 is 0. The second-order valence-corrected chi connectivity index (χ2v) is 7.57. The van der Waals surface area contributed by atoms with Gasteiger partial charge in [0.25, 0.3) is 5.91 Å². The highest BCUT2D eigenvalue weighted by Gasteiger charge is 2.24. The Labute approximate surface area is 149 Å². The van der Waals surface area contributed by atoms with E-state index < -0.39 is 5.60 Å². The van der Waals surface area contributed by atoms with Crippen molar-refractivity contribution in [1.82, 2.24) is 10.2 Å². The first-order valence-electron chi connectivity index (χ1n) is 8.86.